The molecule has 1 saturated carbocycles. The van der Waals surface area contributed by atoms with Crippen LogP contribution in [0.2, 0.25) is 0 Å². The standard InChI is InChI=1S/C16H18FN3O5S/c1-25-11-4-2-9-8-26-14(18-15(21)22)19-16(9,7-11)12-6-10(20(23)24)3-5-13(12)17/h3,5-6,9,11H,2,4,7-8H2,1H3,(H,18,19)(H,21,22)/t9-,11-,16-/m0/s1. The van der Waals surface area contributed by atoms with Crippen molar-refractivity contribution in [3.05, 3.63) is 39.7 Å². The second-order valence-corrected chi connectivity index (χ2v) is 7.35. The Labute approximate surface area is 153 Å². The number of hydrogen-bond donors (Lipinski definition) is 2. The number of carbonyl (C=O) groups is 1. The summed E-state index contributed by atoms with van der Waals surface area (Å²) in [6.45, 7) is 0. The third kappa shape index (κ3) is 3.38. The molecule has 1 amide bonds. The summed E-state index contributed by atoms with van der Waals surface area (Å²) in [5.41, 5.74) is -1.21. The Bertz CT molecular complexity index is 774. The SMILES string of the molecule is CO[C@H]1CC[C@H]2CSC(NC(=O)O)=N[C@@]2(c2cc([N+](=O)[O-])ccc2F)C1. The number of halogens is 1. The van der Waals surface area contributed by atoms with Gasteiger partial charge in [-0.15, -0.1) is 0 Å². The first-order valence-electron chi connectivity index (χ1n) is 8.05. The summed E-state index contributed by atoms with van der Waals surface area (Å²) >= 11 is 1.26. The Balaban J connectivity index is 2.16. The van der Waals surface area contributed by atoms with Crippen molar-refractivity contribution in [1.82, 2.24) is 5.32 Å². The maximum absolute atomic E-state index is 14.7. The lowest BCUT2D eigenvalue weighted by atomic mass is 9.68. The van der Waals surface area contributed by atoms with Crippen molar-refractivity contribution in [2.45, 2.75) is 30.9 Å². The van der Waals surface area contributed by atoms with E-state index >= 15 is 0 Å². The van der Waals surface area contributed by atoms with Gasteiger partial charge in [-0.2, -0.15) is 0 Å². The smallest absolute Gasteiger partial charge is 0.410 e. The number of methoxy groups -OCH3 is 1. The van der Waals surface area contributed by atoms with E-state index in [0.29, 0.717) is 18.6 Å². The van der Waals surface area contributed by atoms with Crippen LogP contribution in [0, 0.1) is 21.8 Å². The molecule has 1 aliphatic heterocycles. The highest BCUT2D eigenvalue weighted by Gasteiger charge is 2.49. The molecule has 140 valence electrons. The van der Waals surface area contributed by atoms with Gasteiger partial charge in [0.15, 0.2) is 5.17 Å². The first kappa shape index (κ1) is 18.6. The molecule has 1 heterocycles. The summed E-state index contributed by atoms with van der Waals surface area (Å²) < 4.78 is 20.2. The fraction of sp³-hybridized carbons (Fsp3) is 0.500. The van der Waals surface area contributed by atoms with E-state index < -0.39 is 22.4 Å². The Morgan fingerprint density at radius 3 is 2.96 bits per heavy atom. The first-order chi connectivity index (χ1) is 12.4. The zero-order chi connectivity index (χ0) is 18.9. The number of benzene rings is 1. The maximum Gasteiger partial charge on any atom is 0.410 e. The largest absolute Gasteiger partial charge is 0.465 e. The molecule has 1 aliphatic carbocycles. The Morgan fingerprint density at radius 2 is 2.31 bits per heavy atom. The molecule has 2 N–H and O–H groups in total. The molecule has 10 heteroatoms. The minimum Gasteiger partial charge on any atom is -0.465 e. The van der Waals surface area contributed by atoms with Gasteiger partial charge in [-0.1, -0.05) is 11.8 Å². The second kappa shape index (κ2) is 7.20. The zero-order valence-electron chi connectivity index (χ0n) is 14.0. The molecular weight excluding hydrogens is 365 g/mol. The molecule has 0 bridgehead atoms. The van der Waals surface area contributed by atoms with Crippen molar-refractivity contribution in [2.24, 2.45) is 10.9 Å². The Hall–Kier alpha value is -2.20. The summed E-state index contributed by atoms with van der Waals surface area (Å²) in [5, 5.41) is 22.6. The summed E-state index contributed by atoms with van der Waals surface area (Å²) in [5.74, 6) is -0.130. The van der Waals surface area contributed by atoms with Gasteiger partial charge in [0.05, 0.1) is 16.6 Å². The van der Waals surface area contributed by atoms with Crippen molar-refractivity contribution in [1.29, 1.82) is 0 Å². The van der Waals surface area contributed by atoms with Crippen molar-refractivity contribution >= 4 is 28.7 Å². The van der Waals surface area contributed by atoms with Crippen LogP contribution in [0.4, 0.5) is 14.9 Å². The minimum atomic E-state index is -1.26. The quantitative estimate of drug-likeness (QED) is 0.612. The highest BCUT2D eigenvalue weighted by atomic mass is 32.2. The number of fused-ring (bicyclic) bond motifs is 1. The number of non-ortho nitro benzene ring substituents is 1. The van der Waals surface area contributed by atoms with Gasteiger partial charge in [0, 0.05) is 37.0 Å². The van der Waals surface area contributed by atoms with Crippen LogP contribution in [0.25, 0.3) is 0 Å². The van der Waals surface area contributed by atoms with Gasteiger partial charge in [0.2, 0.25) is 0 Å². The van der Waals surface area contributed by atoms with Crippen LogP contribution in [0.5, 0.6) is 0 Å². The predicted octanol–water partition coefficient (Wildman–Crippen LogP) is 3.11. The number of amides is 1. The lowest BCUT2D eigenvalue weighted by Gasteiger charge is -2.46. The van der Waals surface area contributed by atoms with Gasteiger partial charge in [-0.3, -0.25) is 20.4 Å². The number of thioether (sulfide) groups is 1. The molecule has 0 aromatic heterocycles. The number of nitrogens with one attached hydrogen (secondary N) is 1. The number of aliphatic imine (C=N–C) groups is 1. The number of rotatable bonds is 3. The van der Waals surface area contributed by atoms with Crippen molar-refractivity contribution in [2.75, 3.05) is 12.9 Å². The lowest BCUT2D eigenvalue weighted by Crippen LogP contribution is -2.48. The summed E-state index contributed by atoms with van der Waals surface area (Å²) in [6, 6.07) is 3.38. The first-order valence-corrected chi connectivity index (χ1v) is 9.04. The second-order valence-electron chi connectivity index (χ2n) is 6.34. The molecule has 1 aromatic carbocycles. The minimum absolute atomic E-state index is 0.0743. The third-order valence-electron chi connectivity index (χ3n) is 4.95. The van der Waals surface area contributed by atoms with E-state index in [4.69, 9.17) is 9.84 Å². The molecule has 0 saturated heterocycles. The molecule has 2 aliphatic rings. The van der Waals surface area contributed by atoms with E-state index in [2.05, 4.69) is 10.3 Å². The number of carboxylic acid groups (broad SMARTS) is 1. The maximum atomic E-state index is 14.7. The van der Waals surface area contributed by atoms with E-state index in [1.54, 1.807) is 7.11 Å². The van der Waals surface area contributed by atoms with Crippen LogP contribution in [0.1, 0.15) is 24.8 Å². The molecule has 0 radical (unpaired) electrons. The van der Waals surface area contributed by atoms with Crippen molar-refractivity contribution in [3.8, 4) is 0 Å². The van der Waals surface area contributed by atoms with Crippen LogP contribution in [-0.2, 0) is 10.3 Å². The highest BCUT2D eigenvalue weighted by molar-refractivity contribution is 8.13. The van der Waals surface area contributed by atoms with E-state index in [9.17, 15) is 19.3 Å². The number of amidine groups is 1. The third-order valence-corrected chi connectivity index (χ3v) is 5.98. The fourth-order valence-electron chi connectivity index (χ4n) is 3.70. The predicted molar refractivity (Wildman–Crippen MR) is 93.9 cm³/mol. The van der Waals surface area contributed by atoms with E-state index in [-0.39, 0.29) is 28.4 Å². The molecule has 0 unspecified atom stereocenters. The summed E-state index contributed by atoms with van der Waals surface area (Å²) in [6.07, 6.45) is 0.359. The summed E-state index contributed by atoms with van der Waals surface area (Å²) in [4.78, 5) is 26.1. The van der Waals surface area contributed by atoms with Gasteiger partial charge < -0.3 is 9.84 Å². The van der Waals surface area contributed by atoms with Crippen LogP contribution in [-0.4, -0.2) is 40.3 Å². The number of nitro groups is 1. The number of nitro benzene ring substituents is 1. The molecule has 3 atom stereocenters. The Kier molecular flexibility index (Phi) is 5.15. The molecule has 26 heavy (non-hydrogen) atoms. The normalized spacial score (nSPS) is 28.0. The van der Waals surface area contributed by atoms with Gasteiger partial charge >= 0.3 is 6.09 Å². The van der Waals surface area contributed by atoms with E-state index in [0.717, 1.165) is 18.6 Å². The van der Waals surface area contributed by atoms with E-state index in [1.165, 1.54) is 17.8 Å². The van der Waals surface area contributed by atoms with Crippen molar-refractivity contribution in [3.63, 3.8) is 0 Å². The molecule has 0 spiro atoms. The van der Waals surface area contributed by atoms with Crippen LogP contribution < -0.4 is 5.32 Å². The number of ether oxygens (including phenoxy) is 1. The number of nitrogens with zero attached hydrogens (tertiary/aromatic N) is 2. The number of hydrogen-bond acceptors (Lipinski definition) is 6. The highest BCUT2D eigenvalue weighted by Crippen LogP contribution is 2.50. The fourth-order valence-corrected chi connectivity index (χ4v) is 4.89. The van der Waals surface area contributed by atoms with Crippen LogP contribution in [0.3, 0.4) is 0 Å². The van der Waals surface area contributed by atoms with Gasteiger partial charge in [-0.25, -0.2) is 9.18 Å². The van der Waals surface area contributed by atoms with E-state index in [1.807, 2.05) is 0 Å². The molecule has 1 aromatic rings. The molecule has 1 fully saturated rings. The van der Waals surface area contributed by atoms with Gasteiger partial charge in [-0.05, 0) is 24.8 Å². The molecule has 3 rings (SSSR count). The lowest BCUT2D eigenvalue weighted by molar-refractivity contribution is -0.385. The van der Waals surface area contributed by atoms with Gasteiger partial charge in [0.1, 0.15) is 5.82 Å². The monoisotopic (exact) mass is 383 g/mol. The summed E-state index contributed by atoms with van der Waals surface area (Å²) in [7, 11) is 1.56. The average Bonchev–Trinajstić information content (AvgIpc) is 2.60. The van der Waals surface area contributed by atoms with Gasteiger partial charge in [0.25, 0.3) is 5.69 Å². The zero-order valence-corrected chi connectivity index (χ0v) is 14.8. The Morgan fingerprint density at radius 1 is 1.54 bits per heavy atom. The topological polar surface area (TPSA) is 114 Å². The van der Waals surface area contributed by atoms with Crippen LogP contribution in [0.15, 0.2) is 23.2 Å². The van der Waals surface area contributed by atoms with Crippen molar-refractivity contribution < 1.29 is 24.0 Å². The van der Waals surface area contributed by atoms with Crippen LogP contribution >= 0.6 is 11.8 Å². The average molecular weight is 383 g/mol. The molecule has 8 nitrogen and oxygen atoms in total. The molecular formula is C16H18FN3O5S.